The number of nitrogens with zero attached hydrogens (tertiary/aromatic N) is 4. The van der Waals surface area contributed by atoms with Gasteiger partial charge in [0.25, 0.3) is 0 Å². The Balaban J connectivity index is 1.50. The first-order valence-corrected chi connectivity index (χ1v) is 8.73. The highest BCUT2D eigenvalue weighted by Crippen LogP contribution is 2.30. The molecule has 2 saturated heterocycles. The molecule has 3 heterocycles. The minimum atomic E-state index is 0.266. The monoisotopic (exact) mass is 328 g/mol. The van der Waals surface area contributed by atoms with E-state index in [9.17, 15) is 0 Å². The van der Waals surface area contributed by atoms with Gasteiger partial charge in [-0.15, -0.1) is 0 Å². The van der Waals surface area contributed by atoms with Crippen molar-refractivity contribution in [2.75, 3.05) is 39.9 Å². The topological polar surface area (TPSA) is 54.6 Å². The normalized spacial score (nSPS) is 23.0. The standard InChI is InChI=1S/C18H24N4O2/c1-21-7-3-6-16(21)18-19-17(20-24-18)15-5-2-4-14(12-15)13-22-8-10-23-11-9-22/h2,4-5,12,16H,3,6-11,13H2,1H3/t16-/m1/s1. The molecule has 6 nitrogen and oxygen atoms in total. The smallest absolute Gasteiger partial charge is 0.244 e. The van der Waals surface area contributed by atoms with E-state index in [0.717, 1.165) is 57.3 Å². The molecule has 1 aromatic carbocycles. The van der Waals surface area contributed by atoms with E-state index < -0.39 is 0 Å². The van der Waals surface area contributed by atoms with Crippen LogP contribution in [0.15, 0.2) is 28.8 Å². The third-order valence-corrected chi connectivity index (χ3v) is 4.94. The summed E-state index contributed by atoms with van der Waals surface area (Å²) >= 11 is 0. The van der Waals surface area contributed by atoms with Gasteiger partial charge in [-0.1, -0.05) is 23.4 Å². The van der Waals surface area contributed by atoms with Gasteiger partial charge in [-0.3, -0.25) is 9.80 Å². The zero-order chi connectivity index (χ0) is 16.4. The maximum atomic E-state index is 5.53. The van der Waals surface area contributed by atoms with Crippen molar-refractivity contribution < 1.29 is 9.26 Å². The lowest BCUT2D eigenvalue weighted by Crippen LogP contribution is -2.35. The Morgan fingerprint density at radius 3 is 2.88 bits per heavy atom. The maximum absolute atomic E-state index is 5.53. The molecule has 0 spiro atoms. The van der Waals surface area contributed by atoms with Crippen molar-refractivity contribution in [2.45, 2.75) is 25.4 Å². The van der Waals surface area contributed by atoms with Gasteiger partial charge in [0.2, 0.25) is 11.7 Å². The SMILES string of the molecule is CN1CCC[C@@H]1c1nc(-c2cccc(CN3CCOCC3)c2)no1. The zero-order valence-corrected chi connectivity index (χ0v) is 14.1. The molecule has 0 amide bonds. The van der Waals surface area contributed by atoms with Crippen molar-refractivity contribution in [3.05, 3.63) is 35.7 Å². The van der Waals surface area contributed by atoms with Gasteiger partial charge in [0.1, 0.15) is 0 Å². The number of ether oxygens (including phenoxy) is 1. The number of likely N-dealkylation sites (tertiary alicyclic amines) is 1. The molecule has 2 aromatic rings. The first-order chi connectivity index (χ1) is 11.8. The molecule has 6 heteroatoms. The molecule has 0 bridgehead atoms. The lowest BCUT2D eigenvalue weighted by molar-refractivity contribution is 0.0342. The second kappa shape index (κ2) is 7.01. The average Bonchev–Trinajstić information content (AvgIpc) is 3.25. The summed E-state index contributed by atoms with van der Waals surface area (Å²) in [7, 11) is 2.12. The van der Waals surface area contributed by atoms with Gasteiger partial charge in [0.05, 0.1) is 19.3 Å². The molecule has 2 aliphatic heterocycles. The number of hydrogen-bond donors (Lipinski definition) is 0. The van der Waals surface area contributed by atoms with Crippen LogP contribution in [0.2, 0.25) is 0 Å². The Morgan fingerprint density at radius 2 is 2.08 bits per heavy atom. The van der Waals surface area contributed by atoms with Crippen molar-refractivity contribution in [1.29, 1.82) is 0 Å². The van der Waals surface area contributed by atoms with Crippen molar-refractivity contribution in [2.24, 2.45) is 0 Å². The van der Waals surface area contributed by atoms with Gasteiger partial charge in [0, 0.05) is 25.2 Å². The summed E-state index contributed by atoms with van der Waals surface area (Å²) in [5.41, 5.74) is 2.30. The van der Waals surface area contributed by atoms with Crippen LogP contribution in [0.3, 0.4) is 0 Å². The summed E-state index contributed by atoms with van der Waals surface area (Å²) in [6.07, 6.45) is 2.28. The van der Waals surface area contributed by atoms with Gasteiger partial charge in [-0.2, -0.15) is 4.98 Å². The molecule has 0 N–H and O–H groups in total. The third-order valence-electron chi connectivity index (χ3n) is 4.94. The molecular formula is C18H24N4O2. The third kappa shape index (κ3) is 3.36. The molecule has 2 aliphatic rings. The van der Waals surface area contributed by atoms with Crippen molar-refractivity contribution in [1.82, 2.24) is 19.9 Å². The Kier molecular flexibility index (Phi) is 4.60. The van der Waals surface area contributed by atoms with Crippen LogP contribution in [0, 0.1) is 0 Å². The summed E-state index contributed by atoms with van der Waals surface area (Å²) in [6, 6.07) is 8.72. The minimum Gasteiger partial charge on any atom is -0.379 e. The van der Waals surface area contributed by atoms with Gasteiger partial charge in [-0.25, -0.2) is 0 Å². The predicted molar refractivity (Wildman–Crippen MR) is 90.4 cm³/mol. The quantitative estimate of drug-likeness (QED) is 0.859. The lowest BCUT2D eigenvalue weighted by atomic mass is 10.1. The maximum Gasteiger partial charge on any atom is 0.244 e. The summed E-state index contributed by atoms with van der Waals surface area (Å²) in [5, 5.41) is 4.21. The Hall–Kier alpha value is -1.76. The highest BCUT2D eigenvalue weighted by atomic mass is 16.5. The summed E-state index contributed by atoms with van der Waals surface area (Å²) in [4.78, 5) is 9.35. The summed E-state index contributed by atoms with van der Waals surface area (Å²) in [6.45, 7) is 5.66. The van der Waals surface area contributed by atoms with Crippen molar-refractivity contribution in [3.8, 4) is 11.4 Å². The molecule has 24 heavy (non-hydrogen) atoms. The van der Waals surface area contributed by atoms with Crippen LogP contribution in [-0.2, 0) is 11.3 Å². The molecule has 0 saturated carbocycles. The van der Waals surface area contributed by atoms with Gasteiger partial charge < -0.3 is 9.26 Å². The van der Waals surface area contributed by atoms with E-state index in [2.05, 4.69) is 51.3 Å². The van der Waals surface area contributed by atoms with Crippen molar-refractivity contribution in [3.63, 3.8) is 0 Å². The van der Waals surface area contributed by atoms with E-state index in [4.69, 9.17) is 9.26 Å². The van der Waals surface area contributed by atoms with E-state index in [1.807, 2.05) is 0 Å². The van der Waals surface area contributed by atoms with Gasteiger partial charge in [0.15, 0.2) is 0 Å². The Bertz CT molecular complexity index is 681. The van der Waals surface area contributed by atoms with Crippen LogP contribution in [0.5, 0.6) is 0 Å². The van der Waals surface area contributed by atoms with Crippen LogP contribution in [0.4, 0.5) is 0 Å². The summed E-state index contributed by atoms with van der Waals surface area (Å²) < 4.78 is 10.9. The van der Waals surface area contributed by atoms with Crippen LogP contribution >= 0.6 is 0 Å². The molecule has 0 unspecified atom stereocenters. The second-order valence-electron chi connectivity index (χ2n) is 6.68. The van der Waals surface area contributed by atoms with Crippen molar-refractivity contribution >= 4 is 0 Å². The molecule has 1 atom stereocenters. The number of morpholine rings is 1. The number of benzene rings is 1. The molecule has 1 aromatic heterocycles. The molecular weight excluding hydrogens is 304 g/mol. The largest absolute Gasteiger partial charge is 0.379 e. The molecule has 0 aliphatic carbocycles. The Labute approximate surface area is 142 Å². The van der Waals surface area contributed by atoms with E-state index in [-0.39, 0.29) is 6.04 Å². The molecule has 2 fully saturated rings. The zero-order valence-electron chi connectivity index (χ0n) is 14.1. The fraction of sp³-hybridized carbons (Fsp3) is 0.556. The van der Waals surface area contributed by atoms with E-state index in [1.54, 1.807) is 0 Å². The van der Waals surface area contributed by atoms with Crippen LogP contribution < -0.4 is 0 Å². The fourth-order valence-electron chi connectivity index (χ4n) is 3.54. The van der Waals surface area contributed by atoms with Crippen LogP contribution in [0.25, 0.3) is 11.4 Å². The fourth-order valence-corrected chi connectivity index (χ4v) is 3.54. The minimum absolute atomic E-state index is 0.266. The van der Waals surface area contributed by atoms with E-state index >= 15 is 0 Å². The number of aromatic nitrogens is 2. The lowest BCUT2D eigenvalue weighted by Gasteiger charge is -2.26. The first-order valence-electron chi connectivity index (χ1n) is 8.73. The summed E-state index contributed by atoms with van der Waals surface area (Å²) in [5.74, 6) is 1.43. The van der Waals surface area contributed by atoms with Gasteiger partial charge >= 0.3 is 0 Å². The highest BCUT2D eigenvalue weighted by molar-refractivity contribution is 5.55. The highest BCUT2D eigenvalue weighted by Gasteiger charge is 2.28. The van der Waals surface area contributed by atoms with E-state index in [1.165, 1.54) is 12.0 Å². The molecule has 4 rings (SSSR count). The predicted octanol–water partition coefficient (Wildman–Crippen LogP) is 2.34. The van der Waals surface area contributed by atoms with E-state index in [0.29, 0.717) is 5.82 Å². The number of hydrogen-bond acceptors (Lipinski definition) is 6. The molecule has 0 radical (unpaired) electrons. The number of rotatable bonds is 4. The van der Waals surface area contributed by atoms with Crippen LogP contribution in [0.1, 0.15) is 30.3 Å². The average molecular weight is 328 g/mol. The Morgan fingerprint density at radius 1 is 1.21 bits per heavy atom. The first kappa shape index (κ1) is 15.7. The van der Waals surface area contributed by atoms with Crippen LogP contribution in [-0.4, -0.2) is 59.8 Å². The second-order valence-corrected chi connectivity index (χ2v) is 6.68. The molecule has 128 valence electrons. The van der Waals surface area contributed by atoms with Gasteiger partial charge in [-0.05, 0) is 38.1 Å².